The number of carbonyl (C=O) groups is 1. The first kappa shape index (κ1) is 20.2. The summed E-state index contributed by atoms with van der Waals surface area (Å²) in [6.07, 6.45) is 2.26. The van der Waals surface area contributed by atoms with Crippen LogP contribution in [0.5, 0.6) is 0 Å². The molecule has 27 heavy (non-hydrogen) atoms. The van der Waals surface area contributed by atoms with Crippen molar-refractivity contribution in [3.63, 3.8) is 0 Å². The smallest absolute Gasteiger partial charge is 0.444 e. The van der Waals surface area contributed by atoms with Crippen LogP contribution in [0.1, 0.15) is 39.2 Å². The van der Waals surface area contributed by atoms with Gasteiger partial charge < -0.3 is 9.64 Å². The monoisotopic (exact) mass is 403 g/mol. The summed E-state index contributed by atoms with van der Waals surface area (Å²) in [4.78, 5) is 13.5. The lowest BCUT2D eigenvalue weighted by Gasteiger charge is -2.59. The topological polar surface area (TPSA) is 46.6 Å². The Balaban J connectivity index is 1.50. The molecule has 4 nitrogen and oxygen atoms in total. The Morgan fingerprint density at radius 3 is 2.44 bits per heavy atom. The molecule has 1 spiro atoms. The Labute approximate surface area is 159 Å². The van der Waals surface area contributed by atoms with E-state index in [9.17, 15) is 22.2 Å². The molecule has 8 heteroatoms. The molecule has 0 bridgehead atoms. The van der Waals surface area contributed by atoms with Crippen LogP contribution in [0.15, 0.2) is 29.2 Å². The van der Waals surface area contributed by atoms with Crippen LogP contribution in [0, 0.1) is 11.3 Å². The van der Waals surface area contributed by atoms with Gasteiger partial charge in [0.15, 0.2) is 10.8 Å². The van der Waals surface area contributed by atoms with Crippen LogP contribution in [0.3, 0.4) is 0 Å². The maximum absolute atomic E-state index is 12.6. The summed E-state index contributed by atoms with van der Waals surface area (Å²) in [5.74, 6) is 0.375. The molecular weight excluding hydrogens is 379 g/mol. The standard InChI is InChI=1S/C19H24F3NO3S/c1-17(2,3)26-16(24)23-11-18(12-23)9-14(10-18)7-13-5-4-6-15(8-13)27(25)19(20,21)22/h4-6,8,14H,7,9-12H2,1-3H3. The normalized spacial score (nSPS) is 20.7. The predicted octanol–water partition coefficient (Wildman–Crippen LogP) is 4.50. The Kier molecular flexibility index (Phi) is 5.08. The number of likely N-dealkylation sites (tertiary alicyclic amines) is 1. The molecule has 1 aromatic rings. The molecule has 0 N–H and O–H groups in total. The Bertz CT molecular complexity index is 743. The average molecular weight is 403 g/mol. The number of amides is 1. The van der Waals surface area contributed by atoms with Crippen molar-refractivity contribution in [2.75, 3.05) is 13.1 Å². The van der Waals surface area contributed by atoms with Gasteiger partial charge in [-0.25, -0.2) is 9.00 Å². The molecule has 1 saturated heterocycles. The van der Waals surface area contributed by atoms with Crippen LogP contribution in [-0.2, 0) is 22.0 Å². The van der Waals surface area contributed by atoms with E-state index >= 15 is 0 Å². The van der Waals surface area contributed by atoms with Crippen LogP contribution in [0.2, 0.25) is 0 Å². The van der Waals surface area contributed by atoms with Gasteiger partial charge in [0.2, 0.25) is 0 Å². The number of hydrogen-bond acceptors (Lipinski definition) is 3. The van der Waals surface area contributed by atoms with Gasteiger partial charge >= 0.3 is 11.6 Å². The van der Waals surface area contributed by atoms with Gasteiger partial charge in [-0.1, -0.05) is 12.1 Å². The molecule has 2 aliphatic rings. The van der Waals surface area contributed by atoms with Crippen molar-refractivity contribution in [1.29, 1.82) is 0 Å². The molecule has 1 aromatic carbocycles. The molecule has 1 amide bonds. The molecule has 150 valence electrons. The van der Waals surface area contributed by atoms with Gasteiger partial charge in [-0.15, -0.1) is 0 Å². The molecule has 1 aliphatic heterocycles. The van der Waals surface area contributed by atoms with Gasteiger partial charge in [0, 0.05) is 23.4 Å². The highest BCUT2D eigenvalue weighted by molar-refractivity contribution is 7.86. The fourth-order valence-corrected chi connectivity index (χ4v) is 4.77. The second kappa shape index (κ2) is 6.79. The van der Waals surface area contributed by atoms with E-state index in [1.807, 2.05) is 20.8 Å². The highest BCUT2D eigenvalue weighted by atomic mass is 32.2. The average Bonchev–Trinajstić information content (AvgIpc) is 2.44. The van der Waals surface area contributed by atoms with Crippen molar-refractivity contribution in [3.05, 3.63) is 29.8 Å². The Morgan fingerprint density at radius 2 is 1.89 bits per heavy atom. The molecular formula is C19H24F3NO3S. The number of rotatable bonds is 3. The minimum atomic E-state index is -4.74. The van der Waals surface area contributed by atoms with Crippen LogP contribution in [0.25, 0.3) is 0 Å². The predicted molar refractivity (Wildman–Crippen MR) is 95.6 cm³/mol. The summed E-state index contributed by atoms with van der Waals surface area (Å²) in [6, 6.07) is 5.94. The zero-order chi connectivity index (χ0) is 20.0. The lowest BCUT2D eigenvalue weighted by molar-refractivity contribution is -0.0947. The first-order valence-corrected chi connectivity index (χ1v) is 10.1. The van der Waals surface area contributed by atoms with E-state index in [0.717, 1.165) is 18.4 Å². The van der Waals surface area contributed by atoms with Crippen LogP contribution in [0.4, 0.5) is 18.0 Å². The van der Waals surface area contributed by atoms with Gasteiger partial charge in [-0.2, -0.15) is 13.2 Å². The number of nitrogens with zero attached hydrogens (tertiary/aromatic N) is 1. The number of ether oxygens (including phenoxy) is 1. The summed E-state index contributed by atoms with van der Waals surface area (Å²) >= 11 is 0. The highest BCUT2D eigenvalue weighted by Crippen LogP contribution is 2.53. The summed E-state index contributed by atoms with van der Waals surface area (Å²) in [7, 11) is -2.99. The van der Waals surface area contributed by atoms with Crippen molar-refractivity contribution in [2.45, 2.75) is 56.0 Å². The largest absolute Gasteiger partial charge is 0.475 e. The number of halogens is 3. The third-order valence-corrected chi connectivity index (χ3v) is 6.10. The first-order chi connectivity index (χ1) is 12.4. The zero-order valence-electron chi connectivity index (χ0n) is 15.6. The van der Waals surface area contributed by atoms with E-state index in [1.54, 1.807) is 11.0 Å². The lowest BCUT2D eigenvalue weighted by Crippen LogP contribution is -2.64. The molecule has 0 radical (unpaired) electrons. The van der Waals surface area contributed by atoms with Gasteiger partial charge in [-0.05, 0) is 63.6 Å². The van der Waals surface area contributed by atoms with Crippen molar-refractivity contribution in [3.8, 4) is 0 Å². The molecule has 0 aromatic heterocycles. The minimum Gasteiger partial charge on any atom is -0.444 e. The highest BCUT2D eigenvalue weighted by Gasteiger charge is 2.54. The summed E-state index contributed by atoms with van der Waals surface area (Å²) in [5.41, 5.74) is -4.35. The van der Waals surface area contributed by atoms with E-state index in [2.05, 4.69) is 0 Å². The van der Waals surface area contributed by atoms with Crippen molar-refractivity contribution >= 4 is 16.9 Å². The second-order valence-electron chi connectivity index (χ2n) is 8.68. The van der Waals surface area contributed by atoms with Gasteiger partial charge in [0.05, 0.1) is 0 Å². The van der Waals surface area contributed by atoms with Gasteiger partial charge in [-0.3, -0.25) is 0 Å². The maximum atomic E-state index is 12.6. The van der Waals surface area contributed by atoms with E-state index in [1.165, 1.54) is 18.2 Å². The first-order valence-electron chi connectivity index (χ1n) is 8.92. The minimum absolute atomic E-state index is 0.133. The molecule has 1 saturated carbocycles. The van der Waals surface area contributed by atoms with Crippen molar-refractivity contribution in [2.24, 2.45) is 11.3 Å². The lowest BCUT2D eigenvalue weighted by atomic mass is 9.56. The molecule has 2 fully saturated rings. The third-order valence-electron chi connectivity index (χ3n) is 4.99. The van der Waals surface area contributed by atoms with E-state index < -0.39 is 21.9 Å². The third kappa shape index (κ3) is 4.65. The number of carbonyl (C=O) groups excluding carboxylic acids is 1. The second-order valence-corrected chi connectivity index (χ2v) is 10.1. The molecule has 1 aliphatic carbocycles. The van der Waals surface area contributed by atoms with Crippen LogP contribution in [-0.4, -0.2) is 39.4 Å². The number of benzene rings is 1. The van der Waals surface area contributed by atoms with Crippen molar-refractivity contribution in [1.82, 2.24) is 4.90 Å². The summed E-state index contributed by atoms with van der Waals surface area (Å²) in [5, 5.41) is 0. The maximum Gasteiger partial charge on any atom is 0.475 e. The molecule has 1 heterocycles. The number of hydrogen-bond donors (Lipinski definition) is 0. The quantitative estimate of drug-likeness (QED) is 0.746. The fourth-order valence-electron chi connectivity index (χ4n) is 4.04. The Morgan fingerprint density at radius 1 is 1.26 bits per heavy atom. The van der Waals surface area contributed by atoms with Crippen LogP contribution < -0.4 is 0 Å². The van der Waals surface area contributed by atoms with Gasteiger partial charge in [0.1, 0.15) is 5.60 Å². The van der Waals surface area contributed by atoms with Crippen molar-refractivity contribution < 1.29 is 26.9 Å². The number of alkyl halides is 3. The van der Waals surface area contributed by atoms with Crippen LogP contribution >= 0.6 is 0 Å². The van der Waals surface area contributed by atoms with E-state index in [-0.39, 0.29) is 16.4 Å². The van der Waals surface area contributed by atoms with E-state index in [0.29, 0.717) is 25.4 Å². The summed E-state index contributed by atoms with van der Waals surface area (Å²) in [6.45, 7) is 6.85. The molecule has 1 unspecified atom stereocenters. The molecule has 3 rings (SSSR count). The fraction of sp³-hybridized carbons (Fsp3) is 0.632. The summed E-state index contributed by atoms with van der Waals surface area (Å²) < 4.78 is 54.7. The van der Waals surface area contributed by atoms with Gasteiger partial charge in [0.25, 0.3) is 0 Å². The van der Waals surface area contributed by atoms with E-state index in [4.69, 9.17) is 4.74 Å². The molecule has 1 atom stereocenters. The zero-order valence-corrected chi connectivity index (χ0v) is 16.5. The SMILES string of the molecule is CC(C)(C)OC(=O)N1CC2(CC(Cc3cccc(S(=O)C(F)(F)F)c3)C2)C1. The Hall–Kier alpha value is -1.57.